The van der Waals surface area contributed by atoms with Crippen LogP contribution in [0, 0.1) is 5.92 Å². The topological polar surface area (TPSA) is 86.7 Å². The number of fused-ring (bicyclic) bond motifs is 1. The maximum Gasteiger partial charge on any atom is 0.306 e. The number of carbonyl (C=O) groups is 3. The van der Waals surface area contributed by atoms with Crippen molar-refractivity contribution in [3.05, 3.63) is 59.2 Å². The first-order valence-corrected chi connectivity index (χ1v) is 8.89. The average molecular weight is 366 g/mol. The van der Waals surface area contributed by atoms with Crippen molar-refractivity contribution in [2.75, 3.05) is 16.8 Å². The molecule has 0 radical (unpaired) electrons. The monoisotopic (exact) mass is 366 g/mol. The zero-order chi connectivity index (χ0) is 19.6. The molecule has 2 amide bonds. The lowest BCUT2D eigenvalue weighted by atomic mass is 10.0. The standard InChI is InChI=1S/C21H22N2O4/c1-13(21(26)27)11-15-3-6-18(7-4-15)22-20(25)17-5-8-19-16(12-17)9-10-23(19)14(2)24/h3-8,12-13H,9-11H2,1-2H3,(H,22,25)(H,26,27). The first-order valence-electron chi connectivity index (χ1n) is 8.89. The molecule has 1 aliphatic rings. The number of benzene rings is 2. The van der Waals surface area contributed by atoms with Gasteiger partial charge in [0.2, 0.25) is 5.91 Å². The minimum atomic E-state index is -0.827. The lowest BCUT2D eigenvalue weighted by Gasteiger charge is -2.15. The molecule has 0 aliphatic carbocycles. The molecule has 2 aromatic rings. The summed E-state index contributed by atoms with van der Waals surface area (Å²) in [7, 11) is 0. The van der Waals surface area contributed by atoms with Crippen molar-refractivity contribution in [2.45, 2.75) is 26.7 Å². The zero-order valence-electron chi connectivity index (χ0n) is 15.4. The highest BCUT2D eigenvalue weighted by Gasteiger charge is 2.23. The van der Waals surface area contributed by atoms with Crippen LogP contribution in [-0.2, 0) is 22.4 Å². The number of anilines is 2. The molecule has 0 fully saturated rings. The number of hydrogen-bond acceptors (Lipinski definition) is 3. The third-order valence-electron chi connectivity index (χ3n) is 4.79. The van der Waals surface area contributed by atoms with Crippen LogP contribution in [-0.4, -0.2) is 29.4 Å². The van der Waals surface area contributed by atoms with Crippen LogP contribution in [0.5, 0.6) is 0 Å². The molecule has 0 saturated carbocycles. The summed E-state index contributed by atoms with van der Waals surface area (Å²) in [6.45, 7) is 3.85. The number of nitrogens with one attached hydrogen (secondary N) is 1. The minimum absolute atomic E-state index is 0.00302. The molecule has 27 heavy (non-hydrogen) atoms. The van der Waals surface area contributed by atoms with Crippen LogP contribution in [0.4, 0.5) is 11.4 Å². The van der Waals surface area contributed by atoms with E-state index in [2.05, 4.69) is 5.32 Å². The van der Waals surface area contributed by atoms with Gasteiger partial charge in [-0.05, 0) is 54.3 Å². The van der Waals surface area contributed by atoms with Crippen LogP contribution in [0.25, 0.3) is 0 Å². The number of aliphatic carboxylic acids is 1. The average Bonchev–Trinajstić information content (AvgIpc) is 3.06. The van der Waals surface area contributed by atoms with Gasteiger partial charge in [0.25, 0.3) is 5.91 Å². The molecule has 0 spiro atoms. The molecule has 1 atom stereocenters. The van der Waals surface area contributed by atoms with E-state index < -0.39 is 11.9 Å². The molecular formula is C21H22N2O4. The van der Waals surface area contributed by atoms with Crippen molar-refractivity contribution in [3.8, 4) is 0 Å². The zero-order valence-corrected chi connectivity index (χ0v) is 15.4. The van der Waals surface area contributed by atoms with Gasteiger partial charge in [0, 0.05) is 30.4 Å². The lowest BCUT2D eigenvalue weighted by molar-refractivity contribution is -0.141. The van der Waals surface area contributed by atoms with E-state index in [1.807, 2.05) is 24.3 Å². The van der Waals surface area contributed by atoms with Gasteiger partial charge in [-0.3, -0.25) is 14.4 Å². The predicted octanol–water partition coefficient (Wildman–Crippen LogP) is 3.11. The smallest absolute Gasteiger partial charge is 0.306 e. The molecule has 2 N–H and O–H groups in total. The highest BCUT2D eigenvalue weighted by Crippen LogP contribution is 2.29. The summed E-state index contributed by atoms with van der Waals surface area (Å²) in [6.07, 6.45) is 1.19. The van der Waals surface area contributed by atoms with Crippen molar-refractivity contribution in [2.24, 2.45) is 5.92 Å². The van der Waals surface area contributed by atoms with Gasteiger partial charge in [0.05, 0.1) is 5.92 Å². The Hall–Kier alpha value is -3.15. The van der Waals surface area contributed by atoms with Gasteiger partial charge >= 0.3 is 5.97 Å². The summed E-state index contributed by atoms with van der Waals surface area (Å²) in [5.41, 5.74) is 3.97. The first-order chi connectivity index (χ1) is 12.8. The highest BCUT2D eigenvalue weighted by atomic mass is 16.4. The molecule has 3 rings (SSSR count). The van der Waals surface area contributed by atoms with Crippen LogP contribution in [0.3, 0.4) is 0 Å². The fourth-order valence-electron chi connectivity index (χ4n) is 3.24. The third kappa shape index (κ3) is 4.16. The number of rotatable bonds is 5. The highest BCUT2D eigenvalue weighted by molar-refractivity contribution is 6.05. The van der Waals surface area contributed by atoms with Crippen molar-refractivity contribution in [1.29, 1.82) is 0 Å². The number of hydrogen-bond donors (Lipinski definition) is 2. The number of amides is 2. The molecule has 6 nitrogen and oxygen atoms in total. The van der Waals surface area contributed by atoms with E-state index in [0.717, 1.165) is 23.2 Å². The lowest BCUT2D eigenvalue weighted by Crippen LogP contribution is -2.25. The van der Waals surface area contributed by atoms with Crippen molar-refractivity contribution >= 4 is 29.2 Å². The molecule has 1 unspecified atom stereocenters. The molecule has 1 heterocycles. The number of nitrogens with zero attached hydrogens (tertiary/aromatic N) is 1. The van der Waals surface area contributed by atoms with Gasteiger partial charge in [-0.2, -0.15) is 0 Å². The summed E-state index contributed by atoms with van der Waals surface area (Å²) in [6, 6.07) is 12.5. The summed E-state index contributed by atoms with van der Waals surface area (Å²) < 4.78 is 0. The SMILES string of the molecule is CC(=O)N1CCc2cc(C(=O)Nc3ccc(CC(C)C(=O)O)cc3)ccc21. The Bertz CT molecular complexity index is 890. The van der Waals surface area contributed by atoms with Crippen molar-refractivity contribution in [3.63, 3.8) is 0 Å². The maximum atomic E-state index is 12.5. The molecule has 0 saturated heterocycles. The van der Waals surface area contributed by atoms with Crippen LogP contribution in [0.2, 0.25) is 0 Å². The second-order valence-electron chi connectivity index (χ2n) is 6.86. The summed E-state index contributed by atoms with van der Waals surface area (Å²) in [5.74, 6) is -1.49. The first kappa shape index (κ1) is 18.6. The Balaban J connectivity index is 1.67. The maximum absolute atomic E-state index is 12.5. The van der Waals surface area contributed by atoms with E-state index in [0.29, 0.717) is 24.2 Å². The molecular weight excluding hydrogens is 344 g/mol. The number of carbonyl (C=O) groups excluding carboxylic acids is 2. The Morgan fingerprint density at radius 2 is 1.85 bits per heavy atom. The molecule has 0 bridgehead atoms. The summed E-state index contributed by atoms with van der Waals surface area (Å²) in [5, 5.41) is 11.8. The molecule has 0 aromatic heterocycles. The Labute approximate surface area is 157 Å². The fourth-order valence-corrected chi connectivity index (χ4v) is 3.24. The predicted molar refractivity (Wildman–Crippen MR) is 103 cm³/mol. The molecule has 140 valence electrons. The Kier molecular flexibility index (Phi) is 5.26. The number of carboxylic acids is 1. The normalized spacial score (nSPS) is 13.8. The third-order valence-corrected chi connectivity index (χ3v) is 4.79. The fraction of sp³-hybridized carbons (Fsp3) is 0.286. The van der Waals surface area contributed by atoms with Crippen LogP contribution in [0.15, 0.2) is 42.5 Å². The van der Waals surface area contributed by atoms with Gasteiger partial charge in [0.15, 0.2) is 0 Å². The van der Waals surface area contributed by atoms with E-state index in [9.17, 15) is 14.4 Å². The largest absolute Gasteiger partial charge is 0.481 e. The molecule has 2 aromatic carbocycles. The number of carboxylic acid groups (broad SMARTS) is 1. The second-order valence-corrected chi connectivity index (χ2v) is 6.86. The Morgan fingerprint density at radius 1 is 1.15 bits per heavy atom. The van der Waals surface area contributed by atoms with Crippen molar-refractivity contribution in [1.82, 2.24) is 0 Å². The summed E-state index contributed by atoms with van der Waals surface area (Å²) in [4.78, 5) is 36.8. The van der Waals surface area contributed by atoms with E-state index in [4.69, 9.17) is 5.11 Å². The Morgan fingerprint density at radius 3 is 2.48 bits per heavy atom. The summed E-state index contributed by atoms with van der Waals surface area (Å²) >= 11 is 0. The van der Waals surface area contributed by atoms with Crippen LogP contribution >= 0.6 is 0 Å². The van der Waals surface area contributed by atoms with E-state index in [1.165, 1.54) is 6.92 Å². The van der Waals surface area contributed by atoms with Gasteiger partial charge < -0.3 is 15.3 Å². The van der Waals surface area contributed by atoms with Crippen molar-refractivity contribution < 1.29 is 19.5 Å². The molecule has 6 heteroatoms. The van der Waals surface area contributed by atoms with E-state index in [1.54, 1.807) is 30.0 Å². The van der Waals surface area contributed by atoms with Gasteiger partial charge in [-0.25, -0.2) is 0 Å². The molecule has 1 aliphatic heterocycles. The second kappa shape index (κ2) is 7.61. The van der Waals surface area contributed by atoms with Gasteiger partial charge in [-0.1, -0.05) is 19.1 Å². The minimum Gasteiger partial charge on any atom is -0.481 e. The van der Waals surface area contributed by atoms with Crippen LogP contribution in [0.1, 0.15) is 35.3 Å². The van der Waals surface area contributed by atoms with E-state index in [-0.39, 0.29) is 11.8 Å². The quantitative estimate of drug-likeness (QED) is 0.851. The van der Waals surface area contributed by atoms with Crippen LogP contribution < -0.4 is 10.2 Å². The van der Waals surface area contributed by atoms with Gasteiger partial charge in [-0.15, -0.1) is 0 Å². The van der Waals surface area contributed by atoms with E-state index >= 15 is 0 Å². The van der Waals surface area contributed by atoms with Gasteiger partial charge in [0.1, 0.15) is 0 Å².